The number of fused-ring (bicyclic) bond motifs is 3. The first kappa shape index (κ1) is 48.4. The van der Waals surface area contributed by atoms with Crippen molar-refractivity contribution in [1.82, 2.24) is 0 Å². The van der Waals surface area contributed by atoms with E-state index in [0.717, 1.165) is 23.4 Å². The minimum atomic E-state index is 0. The number of hydrogen-bond acceptors (Lipinski definition) is 0. The number of allylic oxidation sites excluding steroid dienone is 4. The van der Waals surface area contributed by atoms with Crippen LogP contribution in [-0.4, -0.2) is 4.21 Å². The fraction of sp³-hybridized carbons (Fsp3) is 0.192. The molecule has 0 bridgehead atoms. The molecule has 0 aliphatic heterocycles. The van der Waals surface area contributed by atoms with E-state index in [2.05, 4.69) is 156 Å². The molecule has 0 saturated carbocycles. The van der Waals surface area contributed by atoms with Crippen LogP contribution in [0.2, 0.25) is 5.02 Å². The Morgan fingerprint density at radius 2 is 1.18 bits per heavy atom. The third-order valence-electron chi connectivity index (χ3n) is 8.93. The molecule has 0 spiro atoms. The summed E-state index contributed by atoms with van der Waals surface area (Å²) in [4.78, 5) is 0. The van der Waals surface area contributed by atoms with Crippen molar-refractivity contribution in [3.63, 3.8) is 0 Å². The average Bonchev–Trinajstić information content (AvgIpc) is 3.89. The largest absolute Gasteiger partial charge is 0.184 e. The van der Waals surface area contributed by atoms with Crippen molar-refractivity contribution in [2.45, 2.75) is 65.2 Å². The van der Waals surface area contributed by atoms with Crippen molar-refractivity contribution in [2.24, 2.45) is 0 Å². The van der Waals surface area contributed by atoms with Gasteiger partial charge in [0.05, 0.1) is 0 Å². The molecule has 2 aliphatic rings. The fourth-order valence-electron chi connectivity index (χ4n) is 6.27. The zero-order valence-electron chi connectivity index (χ0n) is 33.5. The molecule has 0 atom stereocenters. The van der Waals surface area contributed by atoms with E-state index in [4.69, 9.17) is 11.6 Å². The van der Waals surface area contributed by atoms with Crippen molar-refractivity contribution in [3.8, 4) is 33.4 Å². The van der Waals surface area contributed by atoms with Gasteiger partial charge in [0.15, 0.2) is 0 Å². The summed E-state index contributed by atoms with van der Waals surface area (Å²) in [7, 11) is 0. The van der Waals surface area contributed by atoms with Gasteiger partial charge in [-0.3, -0.25) is 6.08 Å². The summed E-state index contributed by atoms with van der Waals surface area (Å²) in [6.07, 6.45) is 10.9. The molecule has 0 amide bonds. The standard InChI is InChI=1S/C33H33.C7H6Cl.C6H5.C5H5.CH2.2ClH.Zr/c1-32(2,3)30-20-26-24(18-28(30)22-13-9-7-10-14-22)17-25-19-29(23-15-11-8-12-16-23)31(21-27(25)26)33(4,5)6;1-6-2-4-7(8)5-3-6;1-2-4-6-5-3-1;1-2-4-5-3-1;;;;/h7-16,18,20-21H,17H2,1-6H3;2-5H,1H2;1-5H;1-3H,4H2;1H2;2*1H;/q4*-1;;;;. The van der Waals surface area contributed by atoms with E-state index in [1.807, 2.05) is 66.7 Å². The zero-order chi connectivity index (χ0) is 39.1. The molecule has 2 aliphatic carbocycles. The maximum Gasteiger partial charge on any atom is -0.171 e. The van der Waals surface area contributed by atoms with Crippen molar-refractivity contribution < 1.29 is 24.2 Å². The fourth-order valence-corrected chi connectivity index (χ4v) is 6.39. The molecule has 0 unspecified atom stereocenters. The van der Waals surface area contributed by atoms with Crippen molar-refractivity contribution in [2.75, 3.05) is 0 Å². The number of rotatable bonds is 2. The summed E-state index contributed by atoms with van der Waals surface area (Å²) in [5, 5.41) is 0.761. The number of hydrogen-bond donors (Lipinski definition) is 0. The predicted octanol–water partition coefficient (Wildman–Crippen LogP) is 15.1. The van der Waals surface area contributed by atoms with E-state index in [-0.39, 0.29) is 35.6 Å². The van der Waals surface area contributed by atoms with Gasteiger partial charge in [0.25, 0.3) is 0 Å². The van der Waals surface area contributed by atoms with Crippen LogP contribution in [0.3, 0.4) is 0 Å². The van der Waals surface area contributed by atoms with Gasteiger partial charge in [-0.1, -0.05) is 155 Å². The van der Waals surface area contributed by atoms with Gasteiger partial charge in [-0.15, -0.1) is 60.1 Å². The summed E-state index contributed by atoms with van der Waals surface area (Å²) >= 11 is 6.88. The molecule has 0 aromatic heterocycles. The van der Waals surface area contributed by atoms with Crippen LogP contribution in [0, 0.1) is 25.1 Å². The van der Waals surface area contributed by atoms with Crippen molar-refractivity contribution >= 4 is 40.6 Å². The molecule has 0 radical (unpaired) electrons. The third kappa shape index (κ3) is 14.0. The zero-order valence-corrected chi connectivity index (χ0v) is 38.3. The average molecular weight is 876 g/mol. The Morgan fingerprint density at radius 1 is 0.643 bits per heavy atom. The molecule has 0 saturated heterocycles. The van der Waals surface area contributed by atoms with Gasteiger partial charge < -0.3 is 0 Å². The number of benzene rings is 6. The molecule has 0 heterocycles. The smallest absolute Gasteiger partial charge is 0.171 e. The van der Waals surface area contributed by atoms with E-state index < -0.39 is 0 Å². The number of halogens is 3. The summed E-state index contributed by atoms with van der Waals surface area (Å²) < 4.78 is 3.34. The second-order valence-corrected chi connectivity index (χ2v) is 15.6. The van der Waals surface area contributed by atoms with Gasteiger partial charge in [0.2, 0.25) is 0 Å². The van der Waals surface area contributed by atoms with Crippen molar-refractivity contribution in [1.29, 1.82) is 0 Å². The van der Waals surface area contributed by atoms with Gasteiger partial charge in [-0.2, -0.15) is 67.1 Å². The maximum absolute atomic E-state index is 5.58. The normalized spacial score (nSPS) is 11.5. The maximum atomic E-state index is 5.58. The van der Waals surface area contributed by atoms with Crippen LogP contribution in [0.5, 0.6) is 0 Å². The molecule has 56 heavy (non-hydrogen) atoms. The minimum Gasteiger partial charge on any atom is -0.184 e. The van der Waals surface area contributed by atoms with Crippen LogP contribution in [0.4, 0.5) is 0 Å². The van der Waals surface area contributed by atoms with Crippen LogP contribution in [0.25, 0.3) is 33.4 Å². The molecule has 8 rings (SSSR count). The molecular weight excluding hydrogens is 822 g/mol. The first-order valence-corrected chi connectivity index (χ1v) is 20.5. The van der Waals surface area contributed by atoms with E-state index in [9.17, 15) is 0 Å². The summed E-state index contributed by atoms with van der Waals surface area (Å²) in [6.45, 7) is 17.6. The van der Waals surface area contributed by atoms with Gasteiger partial charge in [0, 0.05) is 5.02 Å². The van der Waals surface area contributed by atoms with Crippen LogP contribution < -0.4 is 0 Å². The van der Waals surface area contributed by atoms with Crippen LogP contribution >= 0.6 is 36.4 Å². The first-order valence-electron chi connectivity index (χ1n) is 18.4. The predicted molar refractivity (Wildman–Crippen MR) is 246 cm³/mol. The van der Waals surface area contributed by atoms with E-state index in [0.29, 0.717) is 0 Å². The van der Waals surface area contributed by atoms with Gasteiger partial charge in [0.1, 0.15) is 0 Å². The Bertz CT molecular complexity index is 1940. The van der Waals surface area contributed by atoms with Gasteiger partial charge in [-0.25, -0.2) is 12.2 Å². The van der Waals surface area contributed by atoms with Gasteiger partial charge >= 0.3 is 28.4 Å². The second-order valence-electron chi connectivity index (χ2n) is 15.1. The molecule has 4 heteroatoms. The van der Waals surface area contributed by atoms with Crippen LogP contribution in [0.15, 0.2) is 152 Å². The Kier molecular flexibility index (Phi) is 20.3. The molecule has 0 N–H and O–H groups in total. The van der Waals surface area contributed by atoms with Crippen LogP contribution in [0.1, 0.15) is 75.8 Å². The Morgan fingerprint density at radius 3 is 1.61 bits per heavy atom. The molecule has 0 fully saturated rings. The molecule has 6 aromatic carbocycles. The minimum absolute atomic E-state index is 0. The quantitative estimate of drug-likeness (QED) is 0.152. The topological polar surface area (TPSA) is 0 Å². The molecule has 290 valence electrons. The van der Waals surface area contributed by atoms with Gasteiger partial charge in [-0.05, 0) is 39.5 Å². The Hall–Kier alpha value is -3.71. The van der Waals surface area contributed by atoms with E-state index in [1.54, 1.807) is 0 Å². The second kappa shape index (κ2) is 23.5. The summed E-state index contributed by atoms with van der Waals surface area (Å²) in [5.74, 6) is 0. The third-order valence-corrected chi connectivity index (χ3v) is 9.18. The summed E-state index contributed by atoms with van der Waals surface area (Å²) in [6, 6.07) is 52.7. The Balaban J connectivity index is 0.000000382. The Labute approximate surface area is 370 Å². The monoisotopic (exact) mass is 872 g/mol. The van der Waals surface area contributed by atoms with Crippen molar-refractivity contribution in [3.05, 3.63) is 210 Å². The van der Waals surface area contributed by atoms with E-state index >= 15 is 0 Å². The molecular formula is C52H53Cl3Zr-4. The van der Waals surface area contributed by atoms with Crippen LogP contribution in [-0.2, 0) is 41.5 Å². The summed E-state index contributed by atoms with van der Waals surface area (Å²) in [5.41, 5.74) is 14.5. The SMILES string of the molecule is CC(C)(C)c1cc2c([c-]c1-c1ccccc1)Cc1cc(-c3ccccc3)c(C(C)(C)C)cc1-2.Cl.Cl.[C-]1=CC=CC1.[CH2-]c1ccc(Cl)cc1.[CH2]=[Zr].[c-]1ccccc1. The molecule has 6 aromatic rings. The molecule has 0 nitrogen and oxygen atoms in total. The first-order chi connectivity index (χ1) is 25.9. The van der Waals surface area contributed by atoms with E-state index in [1.165, 1.54) is 79.9 Å².